The standard InChI is InChI=1S/C18H24FN3O.C5H11NO2/c1-11(2)9-12(3)10-23-16-6-5-15(22-13(16)4)14-7-8-21-18(20)17(14)19;1-5(2,3)8-4(6)7/h5-8,11-12H,9-10H2,1-4H3,(H2,20,21);1-3H3,(H2,6,7). The van der Waals surface area contributed by atoms with Crippen molar-refractivity contribution in [3.8, 4) is 17.0 Å². The van der Waals surface area contributed by atoms with Gasteiger partial charge in [-0.05, 0) is 64.2 Å². The van der Waals surface area contributed by atoms with Crippen LogP contribution in [0.25, 0.3) is 11.3 Å². The van der Waals surface area contributed by atoms with Crippen molar-refractivity contribution in [2.24, 2.45) is 17.6 Å². The minimum atomic E-state index is -0.725. The molecular formula is C23H35FN4O3. The molecule has 1 amide bonds. The topological polar surface area (TPSA) is 113 Å². The van der Waals surface area contributed by atoms with E-state index in [1.807, 2.05) is 13.0 Å². The van der Waals surface area contributed by atoms with E-state index in [1.165, 1.54) is 6.20 Å². The van der Waals surface area contributed by atoms with E-state index in [0.29, 0.717) is 29.7 Å². The third-order valence-electron chi connectivity index (χ3n) is 4.03. The van der Waals surface area contributed by atoms with Crippen molar-refractivity contribution in [2.45, 2.75) is 60.5 Å². The molecular weight excluding hydrogens is 399 g/mol. The zero-order valence-electron chi connectivity index (χ0n) is 19.5. The number of nitrogens with two attached hydrogens (primary N) is 2. The zero-order valence-corrected chi connectivity index (χ0v) is 19.5. The monoisotopic (exact) mass is 434 g/mol. The molecule has 0 spiro atoms. The van der Waals surface area contributed by atoms with Crippen molar-refractivity contribution in [1.82, 2.24) is 9.97 Å². The third kappa shape index (κ3) is 9.63. The fraction of sp³-hybridized carbons (Fsp3) is 0.522. The average Bonchev–Trinajstić information content (AvgIpc) is 2.61. The van der Waals surface area contributed by atoms with Crippen LogP contribution in [0.5, 0.6) is 5.75 Å². The SMILES string of the molecule is CC(C)(C)OC(N)=O.Cc1nc(-c2ccnc(N)c2F)ccc1OCC(C)CC(C)C. The summed E-state index contributed by atoms with van der Waals surface area (Å²) in [5.41, 5.74) is 11.4. The molecule has 2 aromatic heterocycles. The van der Waals surface area contributed by atoms with Crippen molar-refractivity contribution in [3.05, 3.63) is 35.9 Å². The summed E-state index contributed by atoms with van der Waals surface area (Å²) in [4.78, 5) is 18.2. The summed E-state index contributed by atoms with van der Waals surface area (Å²) in [6.07, 6.45) is 1.87. The number of carbonyl (C=O) groups excluding carboxylic acids is 1. The minimum Gasteiger partial charge on any atom is -0.491 e. The van der Waals surface area contributed by atoms with E-state index in [4.69, 9.17) is 16.2 Å². The van der Waals surface area contributed by atoms with Crippen LogP contribution >= 0.6 is 0 Å². The molecule has 31 heavy (non-hydrogen) atoms. The first-order chi connectivity index (χ1) is 14.3. The van der Waals surface area contributed by atoms with Gasteiger partial charge in [0.05, 0.1) is 18.0 Å². The number of amides is 1. The van der Waals surface area contributed by atoms with Crippen LogP contribution in [0.1, 0.15) is 53.7 Å². The van der Waals surface area contributed by atoms with Gasteiger partial charge in [0.2, 0.25) is 0 Å². The van der Waals surface area contributed by atoms with Gasteiger partial charge < -0.3 is 20.9 Å². The van der Waals surface area contributed by atoms with Gasteiger partial charge in [-0.2, -0.15) is 0 Å². The average molecular weight is 435 g/mol. The Labute approximate surface area is 184 Å². The number of hydrogen-bond acceptors (Lipinski definition) is 6. The van der Waals surface area contributed by atoms with Gasteiger partial charge in [0.1, 0.15) is 11.4 Å². The van der Waals surface area contributed by atoms with E-state index < -0.39 is 17.5 Å². The number of primary amides is 1. The first kappa shape index (κ1) is 26.1. The highest BCUT2D eigenvalue weighted by Crippen LogP contribution is 2.27. The number of carbonyl (C=O) groups is 1. The van der Waals surface area contributed by atoms with Crippen molar-refractivity contribution in [2.75, 3.05) is 12.3 Å². The van der Waals surface area contributed by atoms with Crippen molar-refractivity contribution >= 4 is 11.9 Å². The fourth-order valence-electron chi connectivity index (χ4n) is 2.92. The highest BCUT2D eigenvalue weighted by molar-refractivity contribution is 5.65. The number of ether oxygens (including phenoxy) is 2. The predicted octanol–water partition coefficient (Wildman–Crippen LogP) is 5.11. The van der Waals surface area contributed by atoms with Crippen LogP contribution < -0.4 is 16.2 Å². The smallest absolute Gasteiger partial charge is 0.405 e. The number of pyridine rings is 2. The Morgan fingerprint density at radius 1 is 1.19 bits per heavy atom. The van der Waals surface area contributed by atoms with Crippen LogP contribution in [0, 0.1) is 24.6 Å². The van der Waals surface area contributed by atoms with Crippen LogP contribution in [0.15, 0.2) is 24.4 Å². The van der Waals surface area contributed by atoms with Gasteiger partial charge in [0.25, 0.3) is 0 Å². The molecule has 0 aliphatic rings. The highest BCUT2D eigenvalue weighted by atomic mass is 19.1. The number of hydrogen-bond donors (Lipinski definition) is 2. The molecule has 0 saturated carbocycles. The van der Waals surface area contributed by atoms with Crippen LogP contribution in [0.3, 0.4) is 0 Å². The minimum absolute atomic E-state index is 0.121. The Kier molecular flexibility index (Phi) is 9.68. The molecule has 0 aromatic carbocycles. The van der Waals surface area contributed by atoms with E-state index >= 15 is 0 Å². The second-order valence-electron chi connectivity index (χ2n) is 8.92. The van der Waals surface area contributed by atoms with Crippen LogP contribution in [0.4, 0.5) is 15.0 Å². The summed E-state index contributed by atoms with van der Waals surface area (Å²) in [6, 6.07) is 5.14. The molecule has 0 fully saturated rings. The number of aromatic nitrogens is 2. The van der Waals surface area contributed by atoms with Gasteiger partial charge in [0.15, 0.2) is 11.6 Å². The largest absolute Gasteiger partial charge is 0.491 e. The van der Waals surface area contributed by atoms with Gasteiger partial charge in [-0.3, -0.25) is 0 Å². The molecule has 2 heterocycles. The Balaban J connectivity index is 0.000000512. The highest BCUT2D eigenvalue weighted by Gasteiger charge is 2.13. The molecule has 0 radical (unpaired) electrons. The lowest BCUT2D eigenvalue weighted by molar-refractivity contribution is 0.0600. The second-order valence-corrected chi connectivity index (χ2v) is 8.92. The molecule has 0 saturated heterocycles. The lowest BCUT2D eigenvalue weighted by Crippen LogP contribution is -2.27. The molecule has 0 bridgehead atoms. The van der Waals surface area contributed by atoms with Crippen molar-refractivity contribution in [1.29, 1.82) is 0 Å². The summed E-state index contributed by atoms with van der Waals surface area (Å²) in [7, 11) is 0. The molecule has 2 rings (SSSR count). The summed E-state index contributed by atoms with van der Waals surface area (Å²) in [5.74, 6) is 1.19. The van der Waals surface area contributed by atoms with Gasteiger partial charge in [-0.15, -0.1) is 0 Å². The van der Waals surface area contributed by atoms with E-state index in [9.17, 15) is 9.18 Å². The quantitative estimate of drug-likeness (QED) is 0.653. The molecule has 0 aliphatic heterocycles. The Hall–Kier alpha value is -2.90. The number of nitrogens with zero attached hydrogens (tertiary/aromatic N) is 2. The molecule has 172 valence electrons. The van der Waals surface area contributed by atoms with E-state index in [2.05, 4.69) is 35.5 Å². The maximum Gasteiger partial charge on any atom is 0.405 e. The number of rotatable bonds is 6. The number of halogens is 1. The summed E-state index contributed by atoms with van der Waals surface area (Å²) >= 11 is 0. The Morgan fingerprint density at radius 3 is 2.32 bits per heavy atom. The van der Waals surface area contributed by atoms with Crippen LogP contribution in [-0.4, -0.2) is 28.3 Å². The first-order valence-electron chi connectivity index (χ1n) is 10.3. The molecule has 1 unspecified atom stereocenters. The van der Waals surface area contributed by atoms with Crippen molar-refractivity contribution < 1.29 is 18.7 Å². The first-order valence-corrected chi connectivity index (χ1v) is 10.3. The van der Waals surface area contributed by atoms with Gasteiger partial charge in [-0.1, -0.05) is 20.8 Å². The fourth-order valence-corrected chi connectivity index (χ4v) is 2.92. The Bertz CT molecular complexity index is 866. The normalized spacial score (nSPS) is 12.0. The number of aryl methyl sites for hydroxylation is 1. The second kappa shape index (κ2) is 11.5. The lowest BCUT2D eigenvalue weighted by atomic mass is 10.00. The molecule has 2 aromatic rings. The van der Waals surface area contributed by atoms with Gasteiger partial charge >= 0.3 is 6.09 Å². The maximum absolute atomic E-state index is 14.0. The zero-order chi connectivity index (χ0) is 23.8. The molecule has 8 heteroatoms. The molecule has 4 N–H and O–H groups in total. The van der Waals surface area contributed by atoms with Crippen molar-refractivity contribution in [3.63, 3.8) is 0 Å². The van der Waals surface area contributed by atoms with Crippen LogP contribution in [0.2, 0.25) is 0 Å². The molecule has 0 aliphatic carbocycles. The van der Waals surface area contributed by atoms with Crippen LogP contribution in [-0.2, 0) is 4.74 Å². The molecule has 7 nitrogen and oxygen atoms in total. The maximum atomic E-state index is 14.0. The summed E-state index contributed by atoms with van der Waals surface area (Å²) in [5, 5.41) is 0. The predicted molar refractivity (Wildman–Crippen MR) is 121 cm³/mol. The third-order valence-corrected chi connectivity index (χ3v) is 4.03. The summed E-state index contributed by atoms with van der Waals surface area (Å²) in [6.45, 7) is 14.4. The molecule has 1 atom stereocenters. The van der Waals surface area contributed by atoms with E-state index in [0.717, 1.165) is 17.9 Å². The number of nitrogen functional groups attached to an aromatic ring is 1. The Morgan fingerprint density at radius 2 is 1.84 bits per heavy atom. The van der Waals surface area contributed by atoms with Gasteiger partial charge in [0, 0.05) is 11.8 Å². The van der Waals surface area contributed by atoms with E-state index in [-0.39, 0.29) is 5.82 Å². The summed E-state index contributed by atoms with van der Waals surface area (Å²) < 4.78 is 24.5. The number of anilines is 1. The van der Waals surface area contributed by atoms with Gasteiger partial charge in [-0.25, -0.2) is 19.2 Å². The lowest BCUT2D eigenvalue weighted by Gasteiger charge is -2.16. The van der Waals surface area contributed by atoms with E-state index in [1.54, 1.807) is 32.9 Å².